The molecule has 2 aliphatic heterocycles. The standard InChI is InChI=1S/C23H18BrF3N4O.C23H19F3N4O2.2H2S/c1-14-9-18(10-24)16(11-28-14)3-4-17-12-29-31-15(2)13-30(22(32)21(17)31)20-7-5-19(6-8-20)23(25,26)27;1-14-9-18(13-31)16(10-27-14)3-4-17-11-28-30-15(2)12-29(22(32)21(17)30)20-7-5-19(6-8-20)23(24,25)26;;/h5-9,11-12,15H,10,13H2,1-2H3;5-11,15,31H,12-13H2,1-2H3;2*1H2/t2*15-;;/m00../s1. The van der Waals surface area contributed by atoms with Gasteiger partial charge in [-0.2, -0.15) is 63.5 Å². The fraction of sp³-hybridized carbons (Fsp3) is 0.261. The maximum absolute atomic E-state index is 13.3. The van der Waals surface area contributed by atoms with Gasteiger partial charge in [0.2, 0.25) is 0 Å². The van der Waals surface area contributed by atoms with Gasteiger partial charge < -0.3 is 14.9 Å². The molecule has 0 saturated heterocycles. The van der Waals surface area contributed by atoms with E-state index in [0.29, 0.717) is 51.2 Å². The van der Waals surface area contributed by atoms with Gasteiger partial charge in [-0.05, 0) is 99.5 Å². The van der Waals surface area contributed by atoms with E-state index in [9.17, 15) is 41.0 Å². The lowest BCUT2D eigenvalue weighted by atomic mass is 10.1. The van der Waals surface area contributed by atoms with Gasteiger partial charge in [0.15, 0.2) is 0 Å². The first-order valence-electron chi connectivity index (χ1n) is 19.6. The summed E-state index contributed by atoms with van der Waals surface area (Å²) in [7, 11) is 0. The van der Waals surface area contributed by atoms with Crippen molar-refractivity contribution in [3.8, 4) is 23.7 Å². The lowest BCUT2D eigenvalue weighted by Crippen LogP contribution is -2.43. The zero-order valence-electron chi connectivity index (χ0n) is 35.6. The summed E-state index contributed by atoms with van der Waals surface area (Å²) < 4.78 is 80.5. The Bertz CT molecular complexity index is 2690. The van der Waals surface area contributed by atoms with Gasteiger partial charge in [-0.3, -0.25) is 28.9 Å². The van der Waals surface area contributed by atoms with Crippen molar-refractivity contribution in [2.45, 2.75) is 64.1 Å². The van der Waals surface area contributed by atoms with Crippen molar-refractivity contribution < 1.29 is 41.0 Å². The Kier molecular flexibility index (Phi) is 15.9. The van der Waals surface area contributed by atoms with E-state index in [1.165, 1.54) is 40.3 Å². The first-order chi connectivity index (χ1) is 30.4. The number of anilines is 2. The van der Waals surface area contributed by atoms with Crippen LogP contribution in [0.3, 0.4) is 0 Å². The number of aromatic nitrogens is 6. The van der Waals surface area contributed by atoms with Gasteiger partial charge in [0.05, 0.1) is 53.3 Å². The average molecular weight is 1010 g/mol. The molecule has 20 heteroatoms. The van der Waals surface area contributed by atoms with Crippen LogP contribution in [0.25, 0.3) is 0 Å². The summed E-state index contributed by atoms with van der Waals surface area (Å²) in [5, 5.41) is 18.8. The van der Waals surface area contributed by atoms with E-state index in [1.54, 1.807) is 40.9 Å². The molecule has 11 nitrogen and oxygen atoms in total. The Labute approximate surface area is 398 Å². The van der Waals surface area contributed by atoms with Crippen LogP contribution in [0.2, 0.25) is 0 Å². The molecule has 6 aromatic rings. The Balaban J connectivity index is 0.000000240. The Morgan fingerprint density at radius 1 is 0.621 bits per heavy atom. The van der Waals surface area contributed by atoms with Crippen molar-refractivity contribution in [2.24, 2.45) is 0 Å². The number of alkyl halides is 7. The number of pyridine rings is 2. The number of amides is 2. The van der Waals surface area contributed by atoms with Gasteiger partial charge in [-0.25, -0.2) is 0 Å². The van der Waals surface area contributed by atoms with E-state index in [0.717, 1.165) is 46.8 Å². The predicted octanol–water partition coefficient (Wildman–Crippen LogP) is 9.07. The number of rotatable bonds is 4. The molecule has 0 aliphatic carbocycles. The minimum atomic E-state index is -4.45. The van der Waals surface area contributed by atoms with Crippen molar-refractivity contribution in [3.63, 3.8) is 0 Å². The molecule has 0 fully saturated rings. The van der Waals surface area contributed by atoms with Crippen molar-refractivity contribution in [1.82, 2.24) is 29.5 Å². The van der Waals surface area contributed by atoms with Crippen LogP contribution in [0.4, 0.5) is 37.7 Å². The fourth-order valence-electron chi connectivity index (χ4n) is 7.18. The highest BCUT2D eigenvalue weighted by Gasteiger charge is 2.36. The van der Waals surface area contributed by atoms with Crippen LogP contribution in [-0.4, -0.2) is 59.5 Å². The molecule has 66 heavy (non-hydrogen) atoms. The predicted molar refractivity (Wildman–Crippen MR) is 249 cm³/mol. The van der Waals surface area contributed by atoms with Gasteiger partial charge in [0, 0.05) is 64.7 Å². The second-order valence-corrected chi connectivity index (χ2v) is 15.6. The summed E-state index contributed by atoms with van der Waals surface area (Å²) in [6, 6.07) is 12.4. The zero-order chi connectivity index (χ0) is 46.1. The van der Waals surface area contributed by atoms with Crippen LogP contribution in [0, 0.1) is 37.5 Å². The van der Waals surface area contributed by atoms with E-state index in [1.807, 2.05) is 26.8 Å². The van der Waals surface area contributed by atoms with E-state index in [-0.39, 0.29) is 63.8 Å². The minimum absolute atomic E-state index is 0. The van der Waals surface area contributed by atoms with Gasteiger partial charge in [-0.15, -0.1) is 0 Å². The van der Waals surface area contributed by atoms with Gasteiger partial charge in [0.25, 0.3) is 11.8 Å². The SMILES string of the molecule is Cc1cc(CBr)c(C#Cc2cnn3c2C(=O)N(c2ccc(C(F)(F)F)cc2)C[C@@H]3C)cn1.Cc1cc(CO)c(C#Cc2cnn3c2C(=O)N(c2ccc(C(F)(F)F)cc2)C[C@@H]3C)cn1.S.S. The number of hydrogen-bond acceptors (Lipinski definition) is 7. The first kappa shape index (κ1) is 50.9. The molecule has 0 bridgehead atoms. The van der Waals surface area contributed by atoms with Crippen LogP contribution >= 0.6 is 42.9 Å². The van der Waals surface area contributed by atoms with Crippen LogP contribution in [-0.2, 0) is 24.3 Å². The van der Waals surface area contributed by atoms with Crippen molar-refractivity contribution in [2.75, 3.05) is 22.9 Å². The van der Waals surface area contributed by atoms with E-state index in [4.69, 9.17) is 0 Å². The summed E-state index contributed by atoms with van der Waals surface area (Å²) in [6.45, 7) is 7.82. The van der Waals surface area contributed by atoms with Crippen molar-refractivity contribution in [1.29, 1.82) is 0 Å². The summed E-state index contributed by atoms with van der Waals surface area (Å²) in [5.74, 6) is 11.2. The summed E-state index contributed by atoms with van der Waals surface area (Å²) in [5.41, 5.74) is 5.17. The lowest BCUT2D eigenvalue weighted by molar-refractivity contribution is -0.138. The number of halogens is 7. The topological polar surface area (TPSA) is 122 Å². The lowest BCUT2D eigenvalue weighted by Gasteiger charge is -2.32. The highest BCUT2D eigenvalue weighted by Crippen LogP contribution is 2.34. The normalized spacial score (nSPS) is 15.4. The highest BCUT2D eigenvalue weighted by atomic mass is 79.9. The minimum Gasteiger partial charge on any atom is -0.392 e. The monoisotopic (exact) mass is 1010 g/mol. The molecule has 2 atom stereocenters. The second kappa shape index (κ2) is 20.6. The van der Waals surface area contributed by atoms with E-state index < -0.39 is 29.4 Å². The third-order valence-electron chi connectivity index (χ3n) is 10.5. The molecular formula is C46H41BrF6N8O3S2. The van der Waals surface area contributed by atoms with Crippen LogP contribution in [0.5, 0.6) is 0 Å². The number of fused-ring (bicyclic) bond motifs is 2. The number of aryl methyl sites for hydroxylation is 2. The Morgan fingerprint density at radius 3 is 1.35 bits per heavy atom. The molecular weight excluding hydrogens is 971 g/mol. The number of aliphatic hydroxyl groups is 1. The maximum Gasteiger partial charge on any atom is 0.416 e. The molecule has 0 spiro atoms. The summed E-state index contributed by atoms with van der Waals surface area (Å²) >= 11 is 3.45. The number of benzene rings is 2. The molecule has 4 aromatic heterocycles. The third-order valence-corrected chi connectivity index (χ3v) is 11.1. The van der Waals surface area contributed by atoms with Crippen molar-refractivity contribution >= 4 is 66.1 Å². The van der Waals surface area contributed by atoms with Crippen LogP contribution in [0.15, 0.2) is 85.5 Å². The number of hydrogen-bond donors (Lipinski definition) is 1. The zero-order valence-corrected chi connectivity index (χ0v) is 39.1. The Hall–Kier alpha value is -6.06. The average Bonchev–Trinajstić information content (AvgIpc) is 3.91. The molecule has 2 aliphatic rings. The molecule has 344 valence electrons. The number of carbonyl (C=O) groups excluding carboxylic acids is 2. The number of aliphatic hydroxyl groups excluding tert-OH is 1. The number of carbonyl (C=O) groups is 2. The molecule has 2 amide bonds. The van der Waals surface area contributed by atoms with E-state index in [2.05, 4.69) is 59.8 Å². The molecule has 0 saturated carbocycles. The first-order valence-corrected chi connectivity index (χ1v) is 20.7. The maximum atomic E-state index is 13.3. The molecule has 2 aromatic carbocycles. The molecule has 1 N–H and O–H groups in total. The Morgan fingerprint density at radius 2 is 0.985 bits per heavy atom. The fourth-order valence-corrected chi connectivity index (χ4v) is 7.65. The van der Waals surface area contributed by atoms with E-state index >= 15 is 0 Å². The van der Waals surface area contributed by atoms with Gasteiger partial charge in [-0.1, -0.05) is 39.6 Å². The number of nitrogens with zero attached hydrogens (tertiary/aromatic N) is 8. The second-order valence-electron chi connectivity index (χ2n) is 15.1. The highest BCUT2D eigenvalue weighted by molar-refractivity contribution is 9.08. The largest absolute Gasteiger partial charge is 0.416 e. The van der Waals surface area contributed by atoms with Gasteiger partial charge >= 0.3 is 12.4 Å². The quantitative estimate of drug-likeness (QED) is 0.106. The van der Waals surface area contributed by atoms with Crippen LogP contribution in [0.1, 0.15) is 103 Å². The molecule has 8 rings (SSSR count). The smallest absolute Gasteiger partial charge is 0.392 e. The van der Waals surface area contributed by atoms with Crippen LogP contribution < -0.4 is 9.80 Å². The molecule has 0 unspecified atom stereocenters. The molecule has 6 heterocycles. The van der Waals surface area contributed by atoms with Crippen molar-refractivity contribution in [3.05, 3.63) is 153 Å². The summed E-state index contributed by atoms with van der Waals surface area (Å²) in [6.07, 6.45) is -2.60. The third kappa shape index (κ3) is 10.8. The molecule has 0 radical (unpaired) electrons. The summed E-state index contributed by atoms with van der Waals surface area (Å²) in [4.78, 5) is 37.8. The van der Waals surface area contributed by atoms with Gasteiger partial charge in [0.1, 0.15) is 11.4 Å².